The Morgan fingerprint density at radius 1 is 0.962 bits per heavy atom. The first-order valence-electron chi connectivity index (χ1n) is 17.5. The van der Waals surface area contributed by atoms with Crippen molar-refractivity contribution in [3.05, 3.63) is 105 Å². The number of aromatic nitrogens is 1. The molecule has 4 aromatic rings. The van der Waals surface area contributed by atoms with Gasteiger partial charge in [-0.05, 0) is 61.2 Å². The predicted molar refractivity (Wildman–Crippen MR) is 202 cm³/mol. The summed E-state index contributed by atoms with van der Waals surface area (Å²) < 4.78 is 18.7. The number of β-amino-alcohol motifs (C(OH)–C–C–N with tert-alkyl or cyclic N) is 1. The van der Waals surface area contributed by atoms with Gasteiger partial charge in [0, 0.05) is 61.3 Å². The van der Waals surface area contributed by atoms with Gasteiger partial charge in [0.15, 0.2) is 0 Å². The Hall–Kier alpha value is -3.92. The van der Waals surface area contributed by atoms with Crippen LogP contribution in [0.15, 0.2) is 67.0 Å². The number of likely N-dealkylation sites (N-methyl/N-ethyl adjacent to an activating group) is 1. The first-order valence-corrected chi connectivity index (χ1v) is 18.3. The van der Waals surface area contributed by atoms with Crippen molar-refractivity contribution in [2.24, 2.45) is 0 Å². The van der Waals surface area contributed by atoms with Gasteiger partial charge in [-0.2, -0.15) is 5.26 Å². The molecule has 0 saturated carbocycles. The first kappa shape index (κ1) is 39.3. The van der Waals surface area contributed by atoms with Gasteiger partial charge in [0.05, 0.1) is 47.6 Å². The molecule has 1 fully saturated rings. The van der Waals surface area contributed by atoms with Crippen LogP contribution in [0.2, 0.25) is 10.0 Å². The lowest BCUT2D eigenvalue weighted by Crippen LogP contribution is -2.40. The molecule has 1 aliphatic rings. The van der Waals surface area contributed by atoms with Crippen molar-refractivity contribution in [3.63, 3.8) is 0 Å². The fourth-order valence-corrected chi connectivity index (χ4v) is 6.87. The molecule has 52 heavy (non-hydrogen) atoms. The maximum absolute atomic E-state index is 9.85. The molecule has 0 bridgehead atoms. The first-order chi connectivity index (χ1) is 25.2. The number of benzene rings is 3. The van der Waals surface area contributed by atoms with Gasteiger partial charge in [-0.1, -0.05) is 60.5 Å². The zero-order valence-electron chi connectivity index (χ0n) is 29.6. The molecule has 276 valence electrons. The number of nitriles is 1. The van der Waals surface area contributed by atoms with Gasteiger partial charge in [-0.15, -0.1) is 0 Å². The third-order valence-electron chi connectivity index (χ3n) is 9.36. The van der Waals surface area contributed by atoms with Crippen molar-refractivity contribution in [1.82, 2.24) is 14.8 Å². The molecule has 0 amide bonds. The van der Waals surface area contributed by atoms with Crippen LogP contribution in [0.4, 0.5) is 0 Å². The van der Waals surface area contributed by atoms with E-state index >= 15 is 0 Å². The molecule has 10 nitrogen and oxygen atoms in total. The summed E-state index contributed by atoms with van der Waals surface area (Å²) in [6.45, 7) is 7.92. The molecule has 1 saturated heterocycles. The van der Waals surface area contributed by atoms with Crippen molar-refractivity contribution in [1.29, 1.82) is 5.26 Å². The lowest BCUT2D eigenvalue weighted by molar-refractivity contribution is 0.0717. The molecule has 12 heteroatoms. The molecule has 1 aliphatic heterocycles. The van der Waals surface area contributed by atoms with E-state index in [0.29, 0.717) is 59.1 Å². The van der Waals surface area contributed by atoms with E-state index in [2.05, 4.69) is 16.0 Å². The second kappa shape index (κ2) is 19.2. The quantitative estimate of drug-likeness (QED) is 0.0983. The predicted octanol–water partition coefficient (Wildman–Crippen LogP) is 6.40. The van der Waals surface area contributed by atoms with E-state index in [-0.39, 0.29) is 32.5 Å². The van der Waals surface area contributed by atoms with E-state index in [0.717, 1.165) is 59.3 Å². The number of ether oxygens (including phenoxy) is 3. The average molecular weight is 750 g/mol. The van der Waals surface area contributed by atoms with Crippen molar-refractivity contribution >= 4 is 23.2 Å². The number of nitrogens with zero attached hydrogens (tertiary/aromatic N) is 4. The van der Waals surface area contributed by atoms with Gasteiger partial charge < -0.3 is 34.4 Å². The fraction of sp³-hybridized carbons (Fsp3) is 0.400. The summed E-state index contributed by atoms with van der Waals surface area (Å²) in [5.41, 5.74) is 5.67. The van der Waals surface area contributed by atoms with Crippen LogP contribution in [0.3, 0.4) is 0 Å². The largest absolute Gasteiger partial charge is 0.492 e. The molecule has 5 rings (SSSR count). The maximum atomic E-state index is 9.85. The van der Waals surface area contributed by atoms with Crippen LogP contribution in [0, 0.1) is 18.3 Å². The van der Waals surface area contributed by atoms with E-state index < -0.39 is 6.04 Å². The van der Waals surface area contributed by atoms with Crippen LogP contribution in [-0.2, 0) is 19.8 Å². The molecule has 0 spiro atoms. The average Bonchev–Trinajstić information content (AvgIpc) is 3.58. The van der Waals surface area contributed by atoms with Gasteiger partial charge in [0.1, 0.15) is 36.5 Å². The molecule has 3 N–H and O–H groups in total. The Morgan fingerprint density at radius 3 is 2.46 bits per heavy atom. The smallest absolute Gasteiger partial charge is 0.142 e. The third-order valence-corrected chi connectivity index (χ3v) is 10.0. The summed E-state index contributed by atoms with van der Waals surface area (Å²) in [6, 6.07) is 18.7. The van der Waals surface area contributed by atoms with Crippen molar-refractivity contribution in [2.75, 3.05) is 46.0 Å². The van der Waals surface area contributed by atoms with Crippen molar-refractivity contribution in [2.45, 2.75) is 58.6 Å². The number of pyridine rings is 1. The minimum absolute atomic E-state index is 0.152. The van der Waals surface area contributed by atoms with Crippen LogP contribution >= 0.6 is 23.2 Å². The lowest BCUT2D eigenvalue weighted by atomic mass is 9.96. The van der Waals surface area contributed by atoms with Crippen LogP contribution in [0.1, 0.15) is 47.6 Å². The summed E-state index contributed by atoms with van der Waals surface area (Å²) in [6.07, 6.45) is 4.56. The Morgan fingerprint density at radius 2 is 1.73 bits per heavy atom. The van der Waals surface area contributed by atoms with E-state index in [1.807, 2.05) is 55.1 Å². The second-order valence-electron chi connectivity index (χ2n) is 12.9. The molecule has 0 aliphatic carbocycles. The second-order valence-corrected chi connectivity index (χ2v) is 13.7. The normalized spacial score (nSPS) is 14.6. The summed E-state index contributed by atoms with van der Waals surface area (Å²) in [5, 5.41) is 39.7. The Bertz CT molecular complexity index is 1830. The van der Waals surface area contributed by atoms with Crippen molar-refractivity contribution < 1.29 is 29.5 Å². The van der Waals surface area contributed by atoms with Crippen molar-refractivity contribution in [3.8, 4) is 34.4 Å². The highest BCUT2D eigenvalue weighted by atomic mass is 35.5. The summed E-state index contributed by atoms with van der Waals surface area (Å²) in [7, 11) is 0. The van der Waals surface area contributed by atoms with Crippen LogP contribution in [0.5, 0.6) is 17.2 Å². The molecule has 0 radical (unpaired) electrons. The number of aliphatic hydroxyl groups excluding tert-OH is 3. The number of likely N-dealkylation sites (tertiary alicyclic amines) is 1. The number of hydrogen-bond donors (Lipinski definition) is 3. The molecular weight excluding hydrogens is 703 g/mol. The maximum Gasteiger partial charge on any atom is 0.142 e. The topological polar surface area (TPSA) is 132 Å². The number of hydrogen-bond acceptors (Lipinski definition) is 10. The van der Waals surface area contributed by atoms with Gasteiger partial charge >= 0.3 is 0 Å². The molecule has 2 heterocycles. The lowest BCUT2D eigenvalue weighted by Gasteiger charge is -2.29. The van der Waals surface area contributed by atoms with E-state index in [9.17, 15) is 20.6 Å². The highest BCUT2D eigenvalue weighted by Crippen LogP contribution is 2.39. The number of aliphatic hydroxyl groups is 3. The van der Waals surface area contributed by atoms with Gasteiger partial charge in [0.25, 0.3) is 0 Å². The fourth-order valence-electron chi connectivity index (χ4n) is 6.34. The van der Waals surface area contributed by atoms with E-state index in [1.54, 1.807) is 24.4 Å². The minimum Gasteiger partial charge on any atom is -0.492 e. The Kier molecular flexibility index (Phi) is 14.5. The zero-order valence-corrected chi connectivity index (χ0v) is 31.1. The summed E-state index contributed by atoms with van der Waals surface area (Å²) in [4.78, 5) is 8.33. The molecule has 1 atom stereocenters. The Balaban J connectivity index is 1.33. The number of rotatable bonds is 18. The zero-order chi connectivity index (χ0) is 37.0. The molecule has 3 aromatic carbocycles. The third kappa shape index (κ3) is 10.1. The van der Waals surface area contributed by atoms with Gasteiger partial charge in [0.2, 0.25) is 0 Å². The van der Waals surface area contributed by atoms with E-state index in [1.165, 1.54) is 6.20 Å². The number of halogens is 2. The standard InChI is InChI=1S/C40H46Cl2N4O6/c1-3-46(32(23-47)24-48)21-31-16-36(41)39(17-38(31)51-25-29-15-28(18-43)19-44-20-29)52-26-30-7-4-8-34(27(30)2)35-9-5-10-37(40(35)42)50-14-6-12-45-13-11-33(49)22-45/h4-5,7-10,15-17,19-20,32-33,47-49H,3,6,11-14,21-26H2,1-2H3. The highest BCUT2D eigenvalue weighted by molar-refractivity contribution is 6.35. The molecular formula is C40H46Cl2N4O6. The minimum atomic E-state index is -0.448. The van der Waals surface area contributed by atoms with Gasteiger partial charge in [-0.25, -0.2) is 0 Å². The summed E-state index contributed by atoms with van der Waals surface area (Å²) >= 11 is 13.7. The van der Waals surface area contributed by atoms with Crippen LogP contribution in [0.25, 0.3) is 11.1 Å². The molecule has 1 aromatic heterocycles. The highest BCUT2D eigenvalue weighted by Gasteiger charge is 2.21. The van der Waals surface area contributed by atoms with Crippen LogP contribution in [-0.4, -0.2) is 88.2 Å². The van der Waals surface area contributed by atoms with Gasteiger partial charge in [-0.3, -0.25) is 9.88 Å². The SMILES string of the molecule is CCN(Cc1cc(Cl)c(OCc2cccc(-c3cccc(OCCCN4CCC(O)C4)c3Cl)c2C)cc1OCc1cncc(C#N)c1)C(CO)CO. The Labute approximate surface area is 315 Å². The molecule has 1 unspecified atom stereocenters. The monoisotopic (exact) mass is 748 g/mol. The van der Waals surface area contributed by atoms with E-state index in [4.69, 9.17) is 37.4 Å². The van der Waals surface area contributed by atoms with Crippen LogP contribution < -0.4 is 14.2 Å². The summed E-state index contributed by atoms with van der Waals surface area (Å²) in [5.74, 6) is 1.57.